The number of urea groups is 1. The van der Waals surface area contributed by atoms with Crippen LogP contribution in [0.2, 0.25) is 0 Å². The van der Waals surface area contributed by atoms with E-state index < -0.39 is 18.8 Å². The molecule has 0 saturated carbocycles. The molecular formula is C32H35F3N8O3. The molecule has 14 heteroatoms. The van der Waals surface area contributed by atoms with Gasteiger partial charge in [-0.15, -0.1) is 0 Å². The van der Waals surface area contributed by atoms with E-state index in [4.69, 9.17) is 9.72 Å². The molecule has 4 aromatic rings. The molecule has 0 bridgehead atoms. The van der Waals surface area contributed by atoms with Crippen LogP contribution in [-0.4, -0.2) is 101 Å². The van der Waals surface area contributed by atoms with E-state index in [1.54, 1.807) is 54.6 Å². The van der Waals surface area contributed by atoms with Gasteiger partial charge in [-0.3, -0.25) is 4.79 Å². The van der Waals surface area contributed by atoms with Gasteiger partial charge in [-0.1, -0.05) is 0 Å². The Hall–Kier alpha value is -4.69. The molecule has 2 aromatic carbocycles. The highest BCUT2D eigenvalue weighted by Crippen LogP contribution is 2.31. The van der Waals surface area contributed by atoms with Crippen LogP contribution in [0.15, 0.2) is 60.8 Å². The highest BCUT2D eigenvalue weighted by molar-refractivity contribution is 6.00. The molecular weight excluding hydrogens is 601 g/mol. The fourth-order valence-electron chi connectivity index (χ4n) is 5.62. The van der Waals surface area contributed by atoms with Crippen LogP contribution in [0.3, 0.4) is 0 Å². The first kappa shape index (κ1) is 31.3. The minimum absolute atomic E-state index is 0.0372. The number of aromatic nitrogens is 3. The van der Waals surface area contributed by atoms with Gasteiger partial charge in [-0.05, 0) is 68.6 Å². The third-order valence-corrected chi connectivity index (χ3v) is 8.30. The molecule has 46 heavy (non-hydrogen) atoms. The number of ether oxygens (including phenoxy) is 1. The first-order valence-electron chi connectivity index (χ1n) is 15.1. The highest BCUT2D eigenvalue weighted by Gasteiger charge is 2.30. The van der Waals surface area contributed by atoms with Gasteiger partial charge in [0, 0.05) is 67.5 Å². The van der Waals surface area contributed by atoms with Gasteiger partial charge in [0.15, 0.2) is 5.82 Å². The topological polar surface area (TPSA) is 108 Å². The summed E-state index contributed by atoms with van der Waals surface area (Å²) in [5.74, 6) is 0.786. The third-order valence-electron chi connectivity index (χ3n) is 8.30. The summed E-state index contributed by atoms with van der Waals surface area (Å²) >= 11 is 0. The number of nitrogens with one attached hydrogen (secondary N) is 2. The van der Waals surface area contributed by atoms with Crippen molar-refractivity contribution in [2.45, 2.75) is 25.7 Å². The average molecular weight is 637 g/mol. The Morgan fingerprint density at radius 1 is 0.913 bits per heavy atom. The number of fused-ring (bicyclic) bond motifs is 1. The number of morpholine rings is 1. The van der Waals surface area contributed by atoms with Crippen LogP contribution in [-0.2, 0) is 11.3 Å². The Morgan fingerprint density at radius 3 is 2.20 bits per heavy atom. The highest BCUT2D eigenvalue weighted by atomic mass is 19.4. The lowest BCUT2D eigenvalue weighted by atomic mass is 10.1. The van der Waals surface area contributed by atoms with Crippen molar-refractivity contribution in [3.05, 3.63) is 66.4 Å². The predicted octanol–water partition coefficient (Wildman–Crippen LogP) is 4.92. The lowest BCUT2D eigenvalue weighted by Crippen LogP contribution is -2.52. The summed E-state index contributed by atoms with van der Waals surface area (Å²) in [6.45, 7) is 5.18. The van der Waals surface area contributed by atoms with Crippen molar-refractivity contribution < 1.29 is 27.5 Å². The Bertz CT molecular complexity index is 1700. The number of rotatable bonds is 6. The number of halogens is 3. The largest absolute Gasteiger partial charge is 0.406 e. The van der Waals surface area contributed by atoms with Crippen molar-refractivity contribution in [2.75, 3.05) is 68.5 Å². The van der Waals surface area contributed by atoms with Gasteiger partial charge in [0.05, 0.1) is 18.6 Å². The Balaban J connectivity index is 1.14. The Morgan fingerprint density at radius 2 is 1.57 bits per heavy atom. The summed E-state index contributed by atoms with van der Waals surface area (Å²) in [7, 11) is 2.05. The molecule has 0 spiro atoms. The summed E-state index contributed by atoms with van der Waals surface area (Å²) in [5.41, 5.74) is 2.35. The zero-order valence-corrected chi connectivity index (χ0v) is 25.5. The van der Waals surface area contributed by atoms with Crippen LogP contribution in [0.4, 0.5) is 35.2 Å². The molecule has 2 aliphatic heterocycles. The first-order valence-corrected chi connectivity index (χ1v) is 15.1. The normalized spacial score (nSPS) is 17.7. The molecule has 2 fully saturated rings. The molecule has 2 N–H and O–H groups in total. The maximum Gasteiger partial charge on any atom is 0.406 e. The van der Waals surface area contributed by atoms with Crippen LogP contribution >= 0.6 is 0 Å². The van der Waals surface area contributed by atoms with E-state index in [1.807, 2.05) is 16.8 Å². The molecule has 0 aliphatic carbocycles. The minimum atomic E-state index is -4.41. The first-order chi connectivity index (χ1) is 22.0. The zero-order chi connectivity index (χ0) is 32.4. The van der Waals surface area contributed by atoms with Gasteiger partial charge in [0.2, 0.25) is 0 Å². The number of nitrogens with zero attached hydrogens (tertiary/aromatic N) is 6. The van der Waals surface area contributed by atoms with Gasteiger partial charge >= 0.3 is 12.2 Å². The van der Waals surface area contributed by atoms with Gasteiger partial charge < -0.3 is 34.6 Å². The molecule has 2 saturated heterocycles. The molecule has 11 nitrogen and oxygen atoms in total. The molecule has 2 aliphatic rings. The minimum Gasteiger partial charge on any atom is -0.378 e. The standard InChI is InChI=1S/C32H35F3N8O3/c1-21-19-42(14-13-40(21)2)30(44)23-5-9-25(10-6-23)37-31(45)36-24-7-3-22(4-8-24)27-38-28(41-15-17-46-18-16-41)26-11-12-43(29(26)39-27)20-32(33,34)35/h3-12,21H,13-20H2,1-2H3,(H2,36,37,45). The molecule has 1 unspecified atom stereocenters. The van der Waals surface area contributed by atoms with Crippen molar-refractivity contribution >= 4 is 40.2 Å². The number of anilines is 3. The molecule has 0 radical (unpaired) electrons. The molecule has 242 valence electrons. The molecule has 3 amide bonds. The Labute approximate surface area is 263 Å². The molecule has 4 heterocycles. The van der Waals surface area contributed by atoms with E-state index in [9.17, 15) is 22.8 Å². The van der Waals surface area contributed by atoms with Crippen molar-refractivity contribution in [1.82, 2.24) is 24.3 Å². The lowest BCUT2D eigenvalue weighted by molar-refractivity contribution is -0.139. The fourth-order valence-corrected chi connectivity index (χ4v) is 5.62. The van der Waals surface area contributed by atoms with Crippen molar-refractivity contribution in [3.63, 3.8) is 0 Å². The lowest BCUT2D eigenvalue weighted by Gasteiger charge is -2.37. The maximum absolute atomic E-state index is 13.3. The Kier molecular flexibility index (Phi) is 8.82. The van der Waals surface area contributed by atoms with Crippen LogP contribution in [0.25, 0.3) is 22.4 Å². The van der Waals surface area contributed by atoms with E-state index in [2.05, 4.69) is 27.4 Å². The predicted molar refractivity (Wildman–Crippen MR) is 169 cm³/mol. The SMILES string of the molecule is CC1CN(C(=O)c2ccc(NC(=O)Nc3ccc(-c4nc(N5CCOCC5)c5ccn(CC(F)(F)F)c5n4)cc3)cc2)CCN1C. The number of hydrogen-bond acceptors (Lipinski definition) is 7. The average Bonchev–Trinajstić information content (AvgIpc) is 3.43. The number of amides is 3. The number of carbonyl (C=O) groups excluding carboxylic acids is 2. The van der Waals surface area contributed by atoms with Crippen LogP contribution in [0.1, 0.15) is 17.3 Å². The van der Waals surface area contributed by atoms with Gasteiger partial charge in [-0.25, -0.2) is 14.8 Å². The summed E-state index contributed by atoms with van der Waals surface area (Å²) in [6, 6.07) is 14.9. The zero-order valence-electron chi connectivity index (χ0n) is 25.5. The van der Waals surface area contributed by atoms with Crippen molar-refractivity contribution in [2.24, 2.45) is 0 Å². The van der Waals surface area contributed by atoms with Crippen molar-refractivity contribution in [3.8, 4) is 11.4 Å². The van der Waals surface area contributed by atoms with Crippen LogP contribution < -0.4 is 15.5 Å². The van der Waals surface area contributed by atoms with Crippen LogP contribution in [0, 0.1) is 0 Å². The number of alkyl halides is 3. The number of benzene rings is 2. The summed E-state index contributed by atoms with van der Waals surface area (Å²) in [5, 5.41) is 6.07. The quantitative estimate of drug-likeness (QED) is 0.310. The van der Waals surface area contributed by atoms with E-state index in [1.165, 1.54) is 6.20 Å². The van der Waals surface area contributed by atoms with E-state index in [0.717, 1.165) is 11.1 Å². The van der Waals surface area contributed by atoms with Gasteiger partial charge in [0.25, 0.3) is 5.91 Å². The molecule has 2 aromatic heterocycles. The van der Waals surface area contributed by atoms with E-state index >= 15 is 0 Å². The second-order valence-electron chi connectivity index (χ2n) is 11.6. The van der Waals surface area contributed by atoms with E-state index in [-0.39, 0.29) is 23.4 Å². The number of likely N-dealkylation sites (N-methyl/N-ethyl adjacent to an activating group) is 1. The smallest absolute Gasteiger partial charge is 0.378 e. The fraction of sp³-hybridized carbons (Fsp3) is 0.375. The van der Waals surface area contributed by atoms with Gasteiger partial charge in [-0.2, -0.15) is 13.2 Å². The second-order valence-corrected chi connectivity index (χ2v) is 11.6. The van der Waals surface area contributed by atoms with Crippen molar-refractivity contribution in [1.29, 1.82) is 0 Å². The summed E-state index contributed by atoms with van der Waals surface area (Å²) in [6.07, 6.45) is -3.03. The van der Waals surface area contributed by atoms with Crippen LogP contribution in [0.5, 0.6) is 0 Å². The third kappa shape index (κ3) is 7.07. The number of hydrogen-bond donors (Lipinski definition) is 2. The van der Waals surface area contributed by atoms with E-state index in [0.29, 0.717) is 73.1 Å². The molecule has 1 atom stereocenters. The maximum atomic E-state index is 13.3. The molecule has 6 rings (SSSR count). The number of piperazine rings is 1. The van der Waals surface area contributed by atoms with Gasteiger partial charge in [0.1, 0.15) is 18.0 Å². The number of carbonyl (C=O) groups is 2. The monoisotopic (exact) mass is 636 g/mol. The summed E-state index contributed by atoms with van der Waals surface area (Å²) < 4.78 is 46.5. The second kappa shape index (κ2) is 13.0. The summed E-state index contributed by atoms with van der Waals surface area (Å²) in [4.78, 5) is 41.0.